The van der Waals surface area contributed by atoms with Gasteiger partial charge in [0.2, 0.25) is 0 Å². The molecule has 4 nitrogen and oxygen atoms in total. The molecule has 0 saturated heterocycles. The van der Waals surface area contributed by atoms with Crippen molar-refractivity contribution in [3.8, 4) is 6.07 Å². The topological polar surface area (TPSA) is 61.6 Å². The molecular formula is C14H14N4. The molecule has 2 aromatic heterocycles. The van der Waals surface area contributed by atoms with Crippen LogP contribution in [-0.4, -0.2) is 9.97 Å². The van der Waals surface area contributed by atoms with Gasteiger partial charge in [0.15, 0.2) is 0 Å². The molecule has 0 bridgehead atoms. The second-order valence-electron chi connectivity index (χ2n) is 4.11. The van der Waals surface area contributed by atoms with E-state index in [0.717, 1.165) is 11.3 Å². The van der Waals surface area contributed by atoms with Gasteiger partial charge in [-0.15, -0.1) is 0 Å². The maximum atomic E-state index is 9.05. The maximum absolute atomic E-state index is 9.05. The average Bonchev–Trinajstić information content (AvgIpc) is 2.40. The number of aromatic nitrogens is 2. The minimum absolute atomic E-state index is 0.0781. The first kappa shape index (κ1) is 12.1. The van der Waals surface area contributed by atoms with Gasteiger partial charge in [0.1, 0.15) is 11.9 Å². The van der Waals surface area contributed by atoms with Crippen LogP contribution in [0.2, 0.25) is 0 Å². The van der Waals surface area contributed by atoms with Gasteiger partial charge in [-0.25, -0.2) is 4.98 Å². The smallest absolute Gasteiger partial charge is 0.144 e. The summed E-state index contributed by atoms with van der Waals surface area (Å²) in [7, 11) is 0. The molecule has 90 valence electrons. The van der Waals surface area contributed by atoms with Crippen LogP contribution in [-0.2, 0) is 0 Å². The number of hydrogen-bond acceptors (Lipinski definition) is 4. The fourth-order valence-corrected chi connectivity index (χ4v) is 1.70. The van der Waals surface area contributed by atoms with Crippen LogP contribution in [0.1, 0.15) is 29.8 Å². The fraction of sp³-hybridized carbons (Fsp3) is 0.214. The van der Waals surface area contributed by atoms with E-state index < -0.39 is 0 Å². The Morgan fingerprint density at radius 3 is 2.61 bits per heavy atom. The van der Waals surface area contributed by atoms with E-state index in [-0.39, 0.29) is 6.04 Å². The van der Waals surface area contributed by atoms with Gasteiger partial charge in [0.05, 0.1) is 11.6 Å². The van der Waals surface area contributed by atoms with Crippen molar-refractivity contribution in [1.82, 2.24) is 9.97 Å². The molecular weight excluding hydrogens is 224 g/mol. The number of nitrogens with one attached hydrogen (secondary N) is 1. The third kappa shape index (κ3) is 2.64. The van der Waals surface area contributed by atoms with E-state index >= 15 is 0 Å². The van der Waals surface area contributed by atoms with Gasteiger partial charge in [-0.1, -0.05) is 0 Å². The Kier molecular flexibility index (Phi) is 3.54. The summed E-state index contributed by atoms with van der Waals surface area (Å²) in [6, 6.07) is 9.72. The van der Waals surface area contributed by atoms with Crippen LogP contribution < -0.4 is 5.32 Å². The molecule has 0 aromatic carbocycles. The van der Waals surface area contributed by atoms with Crippen molar-refractivity contribution in [1.29, 1.82) is 5.26 Å². The van der Waals surface area contributed by atoms with Crippen LogP contribution in [0.5, 0.6) is 0 Å². The zero-order valence-electron chi connectivity index (χ0n) is 10.4. The van der Waals surface area contributed by atoms with E-state index in [2.05, 4.69) is 21.4 Å². The summed E-state index contributed by atoms with van der Waals surface area (Å²) in [5.41, 5.74) is 2.55. The van der Waals surface area contributed by atoms with Crippen molar-refractivity contribution < 1.29 is 0 Å². The largest absolute Gasteiger partial charge is 0.362 e. The summed E-state index contributed by atoms with van der Waals surface area (Å²) in [6.07, 6.45) is 3.50. The molecule has 0 spiro atoms. The van der Waals surface area contributed by atoms with Crippen molar-refractivity contribution in [2.24, 2.45) is 0 Å². The van der Waals surface area contributed by atoms with Crippen molar-refractivity contribution in [2.75, 3.05) is 5.32 Å². The van der Waals surface area contributed by atoms with E-state index in [0.29, 0.717) is 11.4 Å². The van der Waals surface area contributed by atoms with Gasteiger partial charge in [0.25, 0.3) is 0 Å². The predicted molar refractivity (Wildman–Crippen MR) is 70.0 cm³/mol. The maximum Gasteiger partial charge on any atom is 0.144 e. The Bertz CT molecular complexity index is 572. The molecule has 1 N–H and O–H groups in total. The van der Waals surface area contributed by atoms with Gasteiger partial charge >= 0.3 is 0 Å². The number of nitrogens with zero attached hydrogens (tertiary/aromatic N) is 3. The van der Waals surface area contributed by atoms with E-state index in [1.807, 2.05) is 32.0 Å². The predicted octanol–water partition coefficient (Wildman–Crippen LogP) is 2.83. The molecule has 1 atom stereocenters. The highest BCUT2D eigenvalue weighted by atomic mass is 15.0. The summed E-state index contributed by atoms with van der Waals surface area (Å²) in [6.45, 7) is 3.93. The molecule has 0 aliphatic heterocycles. The van der Waals surface area contributed by atoms with E-state index in [9.17, 15) is 0 Å². The van der Waals surface area contributed by atoms with Gasteiger partial charge in [0, 0.05) is 18.1 Å². The highest BCUT2D eigenvalue weighted by Gasteiger charge is 2.09. The summed E-state index contributed by atoms with van der Waals surface area (Å²) in [5, 5.41) is 12.3. The van der Waals surface area contributed by atoms with E-state index in [1.165, 1.54) is 0 Å². The Hall–Kier alpha value is -2.41. The first-order valence-electron chi connectivity index (χ1n) is 5.75. The fourth-order valence-electron chi connectivity index (χ4n) is 1.70. The normalized spacial score (nSPS) is 11.6. The molecule has 4 heteroatoms. The number of rotatable bonds is 3. The minimum Gasteiger partial charge on any atom is -0.362 e. The Balaban J connectivity index is 2.24. The molecule has 2 aromatic rings. The zero-order chi connectivity index (χ0) is 13.0. The highest BCUT2D eigenvalue weighted by Crippen LogP contribution is 2.20. The van der Waals surface area contributed by atoms with Gasteiger partial charge in [-0.3, -0.25) is 4.98 Å². The van der Waals surface area contributed by atoms with Crippen molar-refractivity contribution in [3.63, 3.8) is 0 Å². The first-order valence-corrected chi connectivity index (χ1v) is 5.75. The van der Waals surface area contributed by atoms with Crippen LogP contribution in [0.15, 0.2) is 36.7 Å². The van der Waals surface area contributed by atoms with Gasteiger partial charge < -0.3 is 5.32 Å². The quantitative estimate of drug-likeness (QED) is 0.893. The molecule has 1 unspecified atom stereocenters. The third-order valence-corrected chi connectivity index (χ3v) is 2.71. The minimum atomic E-state index is 0.0781. The first-order chi connectivity index (χ1) is 8.70. The van der Waals surface area contributed by atoms with Gasteiger partial charge in [-0.2, -0.15) is 5.26 Å². The number of aryl methyl sites for hydroxylation is 1. The van der Waals surface area contributed by atoms with Crippen LogP contribution >= 0.6 is 0 Å². The summed E-state index contributed by atoms with van der Waals surface area (Å²) in [5.74, 6) is 0.627. The molecule has 2 heterocycles. The lowest BCUT2D eigenvalue weighted by Crippen LogP contribution is -2.09. The number of pyridine rings is 2. The Morgan fingerprint density at radius 2 is 1.94 bits per heavy atom. The lowest BCUT2D eigenvalue weighted by Gasteiger charge is -2.15. The van der Waals surface area contributed by atoms with Crippen LogP contribution in [0.4, 0.5) is 5.82 Å². The molecule has 0 saturated carbocycles. The molecule has 0 radical (unpaired) electrons. The molecule has 0 aliphatic carbocycles. The number of anilines is 1. The SMILES string of the molecule is Cc1ccc(C#N)c(NC(C)c2ccncc2)n1. The number of hydrogen-bond donors (Lipinski definition) is 1. The lowest BCUT2D eigenvalue weighted by atomic mass is 10.1. The van der Waals surface area contributed by atoms with Crippen LogP contribution in [0.3, 0.4) is 0 Å². The second-order valence-corrected chi connectivity index (χ2v) is 4.11. The average molecular weight is 238 g/mol. The summed E-state index contributed by atoms with van der Waals surface area (Å²) < 4.78 is 0. The van der Waals surface area contributed by atoms with Crippen molar-refractivity contribution in [2.45, 2.75) is 19.9 Å². The third-order valence-electron chi connectivity index (χ3n) is 2.71. The van der Waals surface area contributed by atoms with E-state index in [1.54, 1.807) is 18.5 Å². The monoisotopic (exact) mass is 238 g/mol. The highest BCUT2D eigenvalue weighted by molar-refractivity contribution is 5.53. The van der Waals surface area contributed by atoms with Gasteiger partial charge in [-0.05, 0) is 43.7 Å². The summed E-state index contributed by atoms with van der Waals surface area (Å²) >= 11 is 0. The Labute approximate surface area is 106 Å². The lowest BCUT2D eigenvalue weighted by molar-refractivity contribution is 0.867. The molecule has 2 rings (SSSR count). The Morgan fingerprint density at radius 1 is 1.22 bits per heavy atom. The standard InChI is InChI=1S/C14H14N4/c1-10-3-4-13(9-15)14(17-10)18-11(2)12-5-7-16-8-6-12/h3-8,11H,1-2H3,(H,17,18). The molecule has 0 fully saturated rings. The summed E-state index contributed by atoms with van der Waals surface area (Å²) in [4.78, 5) is 8.35. The zero-order valence-corrected chi connectivity index (χ0v) is 10.4. The second kappa shape index (κ2) is 5.28. The molecule has 0 amide bonds. The van der Waals surface area contributed by atoms with E-state index in [4.69, 9.17) is 5.26 Å². The van der Waals surface area contributed by atoms with Crippen LogP contribution in [0.25, 0.3) is 0 Å². The van der Waals surface area contributed by atoms with Crippen LogP contribution in [0, 0.1) is 18.3 Å². The molecule has 18 heavy (non-hydrogen) atoms. The number of nitriles is 1. The molecule has 0 aliphatic rings. The van der Waals surface area contributed by atoms with Crippen molar-refractivity contribution >= 4 is 5.82 Å². The van der Waals surface area contributed by atoms with Crippen molar-refractivity contribution in [3.05, 3.63) is 53.5 Å².